The largest absolute Gasteiger partial charge is 0.496 e. The molecule has 0 spiro atoms. The summed E-state index contributed by atoms with van der Waals surface area (Å²) in [5, 5.41) is 13.2. The molecule has 2 aromatic carbocycles. The summed E-state index contributed by atoms with van der Waals surface area (Å²) in [6.07, 6.45) is 3.65. The Hall–Kier alpha value is -3.36. The van der Waals surface area contributed by atoms with Gasteiger partial charge in [-0.15, -0.1) is 0 Å². The van der Waals surface area contributed by atoms with Crippen molar-refractivity contribution in [3.63, 3.8) is 0 Å². The highest BCUT2D eigenvalue weighted by atomic mass is 16.5. The Morgan fingerprint density at radius 2 is 2.00 bits per heavy atom. The molecule has 186 valence electrons. The first-order chi connectivity index (χ1) is 16.9. The molecule has 1 aromatic heterocycles. The molecule has 2 atom stereocenters. The first kappa shape index (κ1) is 24.8. The number of H-pyrrole nitrogens is 1. The van der Waals surface area contributed by atoms with Gasteiger partial charge in [0, 0.05) is 55.3 Å². The first-order valence-electron chi connectivity index (χ1n) is 11.9. The molecule has 2 heterocycles. The fourth-order valence-electron chi connectivity index (χ4n) is 4.95. The van der Waals surface area contributed by atoms with Crippen LogP contribution in [0.4, 0.5) is 0 Å². The van der Waals surface area contributed by atoms with Gasteiger partial charge < -0.3 is 24.9 Å². The molecular formula is C27H33N3O5. The minimum atomic E-state index is -0.935. The van der Waals surface area contributed by atoms with Crippen molar-refractivity contribution in [3.8, 4) is 5.75 Å². The number of fused-ring (bicyclic) bond motifs is 1. The molecule has 0 unspecified atom stereocenters. The lowest BCUT2D eigenvalue weighted by Gasteiger charge is -2.40. The third-order valence-electron chi connectivity index (χ3n) is 6.73. The molecule has 1 fully saturated rings. The normalized spacial score (nSPS) is 18.5. The Labute approximate surface area is 205 Å². The number of benzene rings is 2. The number of aromatic amines is 1. The molecule has 1 saturated heterocycles. The standard InChI is InChI=1S/C27H33N3O5/c1-17-14-25(34-3)23(22-8-10-29-26(17)22)16-30-12-9-21(35-13-11-28-18(2)31)15-24(30)19-4-6-20(7-5-19)27(32)33/h4-8,10,14,21,24,29H,9,11-13,15-16H2,1-3H3,(H,28,31)(H,32,33)/t21-,24-/m0/s1. The van der Waals surface area contributed by atoms with Gasteiger partial charge in [0.25, 0.3) is 0 Å². The van der Waals surface area contributed by atoms with E-state index in [1.54, 1.807) is 19.2 Å². The van der Waals surface area contributed by atoms with Crippen molar-refractivity contribution in [2.24, 2.45) is 0 Å². The monoisotopic (exact) mass is 479 g/mol. The van der Waals surface area contributed by atoms with E-state index in [2.05, 4.69) is 34.3 Å². The van der Waals surface area contributed by atoms with Crippen LogP contribution < -0.4 is 10.1 Å². The SMILES string of the molecule is COc1cc(C)c2[nH]ccc2c1CN1CC[C@H](OCCNC(C)=O)C[C@H]1c1ccc(C(=O)O)cc1. The Bertz CT molecular complexity index is 1190. The smallest absolute Gasteiger partial charge is 0.335 e. The summed E-state index contributed by atoms with van der Waals surface area (Å²) in [5.41, 5.74) is 4.71. The van der Waals surface area contributed by atoms with E-state index in [1.165, 1.54) is 6.92 Å². The van der Waals surface area contributed by atoms with Crippen LogP contribution in [0.5, 0.6) is 5.75 Å². The van der Waals surface area contributed by atoms with Gasteiger partial charge in [0.2, 0.25) is 5.91 Å². The van der Waals surface area contributed by atoms with Crippen LogP contribution in [0.15, 0.2) is 42.6 Å². The van der Waals surface area contributed by atoms with Gasteiger partial charge >= 0.3 is 5.97 Å². The summed E-state index contributed by atoms with van der Waals surface area (Å²) in [7, 11) is 1.70. The van der Waals surface area contributed by atoms with Crippen molar-refractivity contribution in [1.82, 2.24) is 15.2 Å². The van der Waals surface area contributed by atoms with Crippen LogP contribution in [0.3, 0.4) is 0 Å². The number of hydrogen-bond acceptors (Lipinski definition) is 5. The van der Waals surface area contributed by atoms with Gasteiger partial charge in [0.05, 0.1) is 25.4 Å². The number of aromatic nitrogens is 1. The number of aromatic carboxylic acids is 1. The van der Waals surface area contributed by atoms with E-state index in [4.69, 9.17) is 9.47 Å². The molecule has 8 nitrogen and oxygen atoms in total. The highest BCUT2D eigenvalue weighted by Gasteiger charge is 2.31. The van der Waals surface area contributed by atoms with E-state index in [9.17, 15) is 14.7 Å². The second-order valence-corrected chi connectivity index (χ2v) is 9.05. The molecule has 0 radical (unpaired) electrons. The maximum atomic E-state index is 11.4. The van der Waals surface area contributed by atoms with Crippen molar-refractivity contribution in [2.45, 2.75) is 45.4 Å². The number of piperidine rings is 1. The van der Waals surface area contributed by atoms with Gasteiger partial charge in [-0.25, -0.2) is 4.79 Å². The number of nitrogens with zero attached hydrogens (tertiary/aromatic N) is 1. The van der Waals surface area contributed by atoms with Crippen LogP contribution in [0.1, 0.15) is 52.9 Å². The zero-order chi connectivity index (χ0) is 24.9. The van der Waals surface area contributed by atoms with Crippen LogP contribution in [0.25, 0.3) is 10.9 Å². The van der Waals surface area contributed by atoms with E-state index in [0.29, 0.717) is 19.7 Å². The Morgan fingerprint density at radius 1 is 1.23 bits per heavy atom. The van der Waals surface area contributed by atoms with Crippen molar-refractivity contribution >= 4 is 22.8 Å². The Kier molecular flexibility index (Phi) is 7.73. The lowest BCUT2D eigenvalue weighted by Crippen LogP contribution is -2.40. The molecule has 0 bridgehead atoms. The number of likely N-dealkylation sites (tertiary alicyclic amines) is 1. The van der Waals surface area contributed by atoms with Crippen LogP contribution in [0, 0.1) is 6.92 Å². The molecule has 1 amide bonds. The number of hydrogen-bond donors (Lipinski definition) is 3. The predicted molar refractivity (Wildman–Crippen MR) is 134 cm³/mol. The fraction of sp³-hybridized carbons (Fsp3) is 0.407. The summed E-state index contributed by atoms with van der Waals surface area (Å²) in [6.45, 7) is 6.03. The number of methoxy groups -OCH3 is 1. The van der Waals surface area contributed by atoms with E-state index < -0.39 is 5.97 Å². The molecule has 1 aliphatic rings. The van der Waals surface area contributed by atoms with Gasteiger partial charge in [-0.05, 0) is 55.2 Å². The van der Waals surface area contributed by atoms with Crippen LogP contribution in [-0.4, -0.2) is 59.8 Å². The second-order valence-electron chi connectivity index (χ2n) is 9.05. The van der Waals surface area contributed by atoms with Crippen molar-refractivity contribution in [1.29, 1.82) is 0 Å². The summed E-state index contributed by atoms with van der Waals surface area (Å²) in [6, 6.07) is 11.3. The number of ether oxygens (including phenoxy) is 2. The van der Waals surface area contributed by atoms with Crippen molar-refractivity contribution < 1.29 is 24.2 Å². The van der Waals surface area contributed by atoms with Crippen molar-refractivity contribution in [2.75, 3.05) is 26.8 Å². The highest BCUT2D eigenvalue weighted by Crippen LogP contribution is 2.37. The molecular weight excluding hydrogens is 446 g/mol. The summed E-state index contributed by atoms with van der Waals surface area (Å²) in [4.78, 5) is 28.3. The predicted octanol–water partition coefficient (Wildman–Crippen LogP) is 4.04. The number of carbonyl (C=O) groups excluding carboxylic acids is 1. The zero-order valence-electron chi connectivity index (χ0n) is 20.5. The Balaban J connectivity index is 1.59. The quantitative estimate of drug-likeness (QED) is 0.400. The number of rotatable bonds is 9. The fourth-order valence-corrected chi connectivity index (χ4v) is 4.95. The van der Waals surface area contributed by atoms with Gasteiger partial charge in [0.1, 0.15) is 5.75 Å². The lowest BCUT2D eigenvalue weighted by atomic mass is 9.91. The van der Waals surface area contributed by atoms with E-state index in [0.717, 1.165) is 52.7 Å². The topological polar surface area (TPSA) is 104 Å². The maximum absolute atomic E-state index is 11.4. The van der Waals surface area contributed by atoms with Crippen molar-refractivity contribution in [3.05, 3.63) is 64.8 Å². The molecule has 35 heavy (non-hydrogen) atoms. The zero-order valence-corrected chi connectivity index (χ0v) is 20.5. The summed E-state index contributed by atoms with van der Waals surface area (Å²) < 4.78 is 11.9. The number of nitrogens with one attached hydrogen (secondary N) is 2. The van der Waals surface area contributed by atoms with Gasteiger partial charge in [0.15, 0.2) is 0 Å². The first-order valence-corrected chi connectivity index (χ1v) is 11.9. The molecule has 8 heteroatoms. The molecule has 3 N–H and O–H groups in total. The number of aryl methyl sites for hydroxylation is 1. The molecule has 3 aromatic rings. The minimum Gasteiger partial charge on any atom is -0.496 e. The average molecular weight is 480 g/mol. The van der Waals surface area contributed by atoms with Crippen LogP contribution >= 0.6 is 0 Å². The van der Waals surface area contributed by atoms with E-state index in [-0.39, 0.29) is 23.6 Å². The lowest BCUT2D eigenvalue weighted by molar-refractivity contribution is -0.119. The summed E-state index contributed by atoms with van der Waals surface area (Å²) in [5.74, 6) is -0.137. The highest BCUT2D eigenvalue weighted by molar-refractivity contribution is 5.88. The maximum Gasteiger partial charge on any atom is 0.335 e. The number of carboxylic acids is 1. The van der Waals surface area contributed by atoms with Gasteiger partial charge in [-0.3, -0.25) is 9.69 Å². The molecule has 4 rings (SSSR count). The third kappa shape index (κ3) is 5.66. The minimum absolute atomic E-state index is 0.0522. The molecule has 1 aliphatic heterocycles. The summed E-state index contributed by atoms with van der Waals surface area (Å²) >= 11 is 0. The number of amides is 1. The molecule has 0 aliphatic carbocycles. The Morgan fingerprint density at radius 3 is 2.69 bits per heavy atom. The average Bonchev–Trinajstić information content (AvgIpc) is 3.35. The van der Waals surface area contributed by atoms with E-state index >= 15 is 0 Å². The van der Waals surface area contributed by atoms with E-state index in [1.807, 2.05) is 18.3 Å². The number of carboxylic acid groups (broad SMARTS) is 1. The van der Waals surface area contributed by atoms with Gasteiger partial charge in [-0.1, -0.05) is 12.1 Å². The molecule has 0 saturated carbocycles. The van der Waals surface area contributed by atoms with Crippen LogP contribution in [-0.2, 0) is 16.1 Å². The van der Waals surface area contributed by atoms with Crippen LogP contribution in [0.2, 0.25) is 0 Å². The third-order valence-corrected chi connectivity index (χ3v) is 6.73. The second kappa shape index (κ2) is 10.9. The number of carbonyl (C=O) groups is 2. The van der Waals surface area contributed by atoms with Gasteiger partial charge in [-0.2, -0.15) is 0 Å².